The smallest absolute Gasteiger partial charge is 0.271 e. The predicted octanol–water partition coefficient (Wildman–Crippen LogP) is 3.42. The van der Waals surface area contributed by atoms with Crippen molar-refractivity contribution in [1.82, 2.24) is 0 Å². The lowest BCUT2D eigenvalue weighted by atomic mass is 10.0. The lowest BCUT2D eigenvalue weighted by molar-refractivity contribution is -0.384. The number of aryl methyl sites for hydroxylation is 1. The van der Waals surface area contributed by atoms with E-state index in [0.29, 0.717) is 6.04 Å². The maximum absolute atomic E-state index is 10.7. The number of hydrogen-bond donors (Lipinski definition) is 1. The number of nitro benzene ring substituents is 1. The van der Waals surface area contributed by atoms with Crippen LogP contribution in [-0.2, 0) is 0 Å². The SMILES string of the molecule is Cc1ccc([N+](=O)[O-])cc1NC1CC=CCC1. The number of non-ortho nitro benzene ring substituents is 1. The summed E-state index contributed by atoms with van der Waals surface area (Å²) in [6.07, 6.45) is 7.48. The maximum Gasteiger partial charge on any atom is 0.271 e. The third-order valence-electron chi connectivity index (χ3n) is 3.06. The normalized spacial score (nSPS) is 19.0. The highest BCUT2D eigenvalue weighted by molar-refractivity contribution is 5.57. The molecule has 1 N–H and O–H groups in total. The molecule has 0 bridgehead atoms. The van der Waals surface area contributed by atoms with Crippen LogP contribution in [0.5, 0.6) is 0 Å². The Balaban J connectivity index is 2.16. The summed E-state index contributed by atoms with van der Waals surface area (Å²) in [6.45, 7) is 1.96. The molecule has 0 spiro atoms. The number of benzene rings is 1. The first-order chi connectivity index (χ1) is 8.16. The number of nitro groups is 1. The number of nitrogens with zero attached hydrogens (tertiary/aromatic N) is 1. The Hall–Kier alpha value is -1.84. The van der Waals surface area contributed by atoms with Crippen molar-refractivity contribution >= 4 is 11.4 Å². The van der Waals surface area contributed by atoms with Gasteiger partial charge in [-0.2, -0.15) is 0 Å². The van der Waals surface area contributed by atoms with Gasteiger partial charge >= 0.3 is 0 Å². The summed E-state index contributed by atoms with van der Waals surface area (Å²) in [5.74, 6) is 0. The van der Waals surface area contributed by atoms with Crippen LogP contribution in [0.3, 0.4) is 0 Å². The van der Waals surface area contributed by atoms with Crippen molar-refractivity contribution in [3.63, 3.8) is 0 Å². The Morgan fingerprint density at radius 2 is 2.24 bits per heavy atom. The average Bonchev–Trinajstić information content (AvgIpc) is 2.33. The first-order valence-corrected chi connectivity index (χ1v) is 5.83. The summed E-state index contributed by atoms with van der Waals surface area (Å²) in [7, 11) is 0. The van der Waals surface area contributed by atoms with Gasteiger partial charge in [0, 0.05) is 23.9 Å². The van der Waals surface area contributed by atoms with Crippen LogP contribution in [0, 0.1) is 17.0 Å². The zero-order chi connectivity index (χ0) is 12.3. The Morgan fingerprint density at radius 1 is 1.41 bits per heavy atom. The van der Waals surface area contributed by atoms with E-state index in [4.69, 9.17) is 0 Å². The molecule has 0 fully saturated rings. The van der Waals surface area contributed by atoms with Crippen LogP contribution in [0.1, 0.15) is 24.8 Å². The topological polar surface area (TPSA) is 55.2 Å². The zero-order valence-electron chi connectivity index (χ0n) is 9.85. The van der Waals surface area contributed by atoms with Crippen LogP contribution in [0.25, 0.3) is 0 Å². The van der Waals surface area contributed by atoms with Gasteiger partial charge in [-0.3, -0.25) is 10.1 Å². The molecule has 17 heavy (non-hydrogen) atoms. The molecule has 0 aliphatic heterocycles. The van der Waals surface area contributed by atoms with Crippen molar-refractivity contribution in [1.29, 1.82) is 0 Å². The Kier molecular flexibility index (Phi) is 3.42. The van der Waals surface area contributed by atoms with Crippen LogP contribution in [-0.4, -0.2) is 11.0 Å². The molecular formula is C13H16N2O2. The highest BCUT2D eigenvalue weighted by atomic mass is 16.6. The van der Waals surface area contributed by atoms with E-state index in [1.807, 2.05) is 6.92 Å². The molecule has 1 atom stereocenters. The first kappa shape index (κ1) is 11.6. The molecule has 90 valence electrons. The monoisotopic (exact) mass is 232 g/mol. The molecule has 1 unspecified atom stereocenters. The second kappa shape index (κ2) is 4.99. The average molecular weight is 232 g/mol. The highest BCUT2D eigenvalue weighted by Gasteiger charge is 2.13. The quantitative estimate of drug-likeness (QED) is 0.493. The molecule has 0 amide bonds. The van der Waals surface area contributed by atoms with E-state index < -0.39 is 0 Å². The van der Waals surface area contributed by atoms with Gasteiger partial charge in [-0.05, 0) is 31.7 Å². The minimum absolute atomic E-state index is 0.143. The molecule has 1 aromatic carbocycles. The fraction of sp³-hybridized carbons (Fsp3) is 0.385. The van der Waals surface area contributed by atoms with E-state index in [0.717, 1.165) is 30.5 Å². The minimum Gasteiger partial charge on any atom is -0.382 e. The van der Waals surface area contributed by atoms with Gasteiger partial charge in [0.05, 0.1) is 4.92 Å². The number of allylic oxidation sites excluding steroid dienone is 1. The summed E-state index contributed by atoms with van der Waals surface area (Å²) in [5, 5.41) is 14.1. The predicted molar refractivity (Wildman–Crippen MR) is 68.2 cm³/mol. The molecule has 1 aliphatic carbocycles. The minimum atomic E-state index is -0.356. The molecule has 4 heteroatoms. The number of nitrogens with one attached hydrogen (secondary N) is 1. The van der Waals surface area contributed by atoms with Crippen molar-refractivity contribution in [2.75, 3.05) is 5.32 Å². The molecular weight excluding hydrogens is 216 g/mol. The molecule has 0 radical (unpaired) electrons. The van der Waals surface area contributed by atoms with Crippen molar-refractivity contribution in [2.24, 2.45) is 0 Å². The summed E-state index contributed by atoms with van der Waals surface area (Å²) in [4.78, 5) is 10.4. The van der Waals surface area contributed by atoms with Crippen molar-refractivity contribution in [3.8, 4) is 0 Å². The van der Waals surface area contributed by atoms with Crippen LogP contribution in [0.15, 0.2) is 30.4 Å². The van der Waals surface area contributed by atoms with Gasteiger partial charge in [0.1, 0.15) is 0 Å². The van der Waals surface area contributed by atoms with Gasteiger partial charge in [-0.25, -0.2) is 0 Å². The molecule has 0 aromatic heterocycles. The standard InChI is InChI=1S/C13H16N2O2/c1-10-7-8-12(15(16)17)9-13(10)14-11-5-3-2-4-6-11/h2-3,7-9,11,14H,4-6H2,1H3. The summed E-state index contributed by atoms with van der Waals surface area (Å²) in [5.41, 5.74) is 2.06. The Morgan fingerprint density at radius 3 is 2.88 bits per heavy atom. The van der Waals surface area contributed by atoms with Crippen molar-refractivity contribution in [2.45, 2.75) is 32.2 Å². The number of anilines is 1. The lowest BCUT2D eigenvalue weighted by Crippen LogP contribution is -2.20. The van der Waals surface area contributed by atoms with E-state index in [-0.39, 0.29) is 10.6 Å². The number of hydrogen-bond acceptors (Lipinski definition) is 3. The lowest BCUT2D eigenvalue weighted by Gasteiger charge is -2.21. The molecule has 0 saturated carbocycles. The summed E-state index contributed by atoms with van der Waals surface area (Å²) < 4.78 is 0. The van der Waals surface area contributed by atoms with Crippen LogP contribution >= 0.6 is 0 Å². The molecule has 2 rings (SSSR count). The molecule has 4 nitrogen and oxygen atoms in total. The second-order valence-corrected chi connectivity index (χ2v) is 4.38. The van der Waals surface area contributed by atoms with E-state index >= 15 is 0 Å². The van der Waals surface area contributed by atoms with Gasteiger partial charge in [0.25, 0.3) is 5.69 Å². The summed E-state index contributed by atoms with van der Waals surface area (Å²) >= 11 is 0. The van der Waals surface area contributed by atoms with Gasteiger partial charge in [-0.15, -0.1) is 0 Å². The van der Waals surface area contributed by atoms with Gasteiger partial charge in [-0.1, -0.05) is 18.2 Å². The molecule has 1 aliphatic rings. The van der Waals surface area contributed by atoms with Crippen molar-refractivity contribution < 1.29 is 4.92 Å². The summed E-state index contributed by atoms with van der Waals surface area (Å²) in [6, 6.07) is 5.34. The number of rotatable bonds is 3. The third kappa shape index (κ3) is 2.84. The fourth-order valence-corrected chi connectivity index (χ4v) is 2.02. The Labute approximate surface area is 100 Å². The van der Waals surface area contributed by atoms with Gasteiger partial charge in [0.2, 0.25) is 0 Å². The van der Waals surface area contributed by atoms with Crippen LogP contribution in [0.4, 0.5) is 11.4 Å². The van der Waals surface area contributed by atoms with Crippen molar-refractivity contribution in [3.05, 3.63) is 46.0 Å². The highest BCUT2D eigenvalue weighted by Crippen LogP contribution is 2.24. The van der Waals surface area contributed by atoms with E-state index in [9.17, 15) is 10.1 Å². The first-order valence-electron chi connectivity index (χ1n) is 5.83. The van der Waals surface area contributed by atoms with E-state index in [1.165, 1.54) is 0 Å². The molecule has 0 heterocycles. The van der Waals surface area contributed by atoms with E-state index in [1.54, 1.807) is 18.2 Å². The largest absolute Gasteiger partial charge is 0.382 e. The van der Waals surface area contributed by atoms with Crippen LogP contribution in [0.2, 0.25) is 0 Å². The Bertz CT molecular complexity index is 455. The third-order valence-corrected chi connectivity index (χ3v) is 3.06. The van der Waals surface area contributed by atoms with Gasteiger partial charge < -0.3 is 5.32 Å². The molecule has 0 saturated heterocycles. The zero-order valence-corrected chi connectivity index (χ0v) is 9.85. The van der Waals surface area contributed by atoms with E-state index in [2.05, 4.69) is 17.5 Å². The molecule has 1 aromatic rings. The fourth-order valence-electron chi connectivity index (χ4n) is 2.02. The van der Waals surface area contributed by atoms with Gasteiger partial charge in [0.15, 0.2) is 0 Å². The van der Waals surface area contributed by atoms with Crippen LogP contribution < -0.4 is 5.32 Å². The maximum atomic E-state index is 10.7. The second-order valence-electron chi connectivity index (χ2n) is 4.38.